The second-order valence-electron chi connectivity index (χ2n) is 10.5. The molecule has 0 aromatic heterocycles. The van der Waals surface area contributed by atoms with Crippen LogP contribution in [0.1, 0.15) is 49.5 Å². The normalized spacial score (nSPS) is 24.8. The van der Waals surface area contributed by atoms with Crippen molar-refractivity contribution in [3.8, 4) is 17.2 Å². The third-order valence-corrected chi connectivity index (χ3v) is 6.76. The van der Waals surface area contributed by atoms with Gasteiger partial charge in [-0.05, 0) is 38.5 Å². The number of esters is 1. The van der Waals surface area contributed by atoms with Crippen LogP contribution in [0.15, 0.2) is 48.6 Å². The third kappa shape index (κ3) is 8.01. The first-order valence-corrected chi connectivity index (χ1v) is 13.7. The lowest BCUT2D eigenvalue weighted by atomic mass is 10.0. The number of rotatable bonds is 8. The van der Waals surface area contributed by atoms with Gasteiger partial charge >= 0.3 is 5.97 Å². The summed E-state index contributed by atoms with van der Waals surface area (Å²) < 4.78 is 45.8. The number of carbonyl (C=O) groups is 2. The first-order valence-electron chi connectivity index (χ1n) is 13.7. The molecule has 1 fully saturated rings. The van der Waals surface area contributed by atoms with E-state index in [1.165, 1.54) is 20.3 Å². The zero-order valence-electron chi connectivity index (χ0n) is 24.8. The van der Waals surface area contributed by atoms with E-state index in [9.17, 15) is 9.59 Å². The minimum absolute atomic E-state index is 0.0512. The molecular weight excluding hydrogens is 546 g/mol. The van der Waals surface area contributed by atoms with Crippen LogP contribution in [0.5, 0.6) is 17.2 Å². The topological polar surface area (TPSA) is 120 Å². The Morgan fingerprint density at radius 2 is 1.74 bits per heavy atom. The van der Waals surface area contributed by atoms with Crippen LogP contribution in [0.25, 0.3) is 0 Å². The van der Waals surface area contributed by atoms with E-state index in [1.54, 1.807) is 33.9 Å². The molecule has 2 heterocycles. The fourth-order valence-electron chi connectivity index (χ4n) is 4.81. The highest BCUT2D eigenvalue weighted by Crippen LogP contribution is 2.36. The second kappa shape index (κ2) is 14.0. The summed E-state index contributed by atoms with van der Waals surface area (Å²) in [5.74, 6) is -0.752. The lowest BCUT2D eigenvalue weighted by molar-refractivity contribution is -0.157. The first kappa shape index (κ1) is 31.3. The zero-order valence-corrected chi connectivity index (χ0v) is 24.8. The minimum Gasteiger partial charge on any atom is -0.497 e. The predicted octanol–water partition coefficient (Wildman–Crippen LogP) is 4.63. The van der Waals surface area contributed by atoms with E-state index in [-0.39, 0.29) is 30.2 Å². The Morgan fingerprint density at radius 3 is 2.43 bits per heavy atom. The van der Waals surface area contributed by atoms with Gasteiger partial charge in [-0.25, -0.2) is 4.79 Å². The van der Waals surface area contributed by atoms with E-state index in [0.717, 1.165) is 11.3 Å². The van der Waals surface area contributed by atoms with Gasteiger partial charge in [-0.15, -0.1) is 0 Å². The van der Waals surface area contributed by atoms with E-state index in [0.29, 0.717) is 18.8 Å². The fourth-order valence-corrected chi connectivity index (χ4v) is 4.81. The van der Waals surface area contributed by atoms with E-state index in [1.807, 2.05) is 36.4 Å². The van der Waals surface area contributed by atoms with Crippen LogP contribution in [-0.4, -0.2) is 70.2 Å². The van der Waals surface area contributed by atoms with Gasteiger partial charge in [0.25, 0.3) is 0 Å². The van der Waals surface area contributed by atoms with Crippen LogP contribution in [0.2, 0.25) is 0 Å². The number of anilines is 1. The number of methoxy groups -OCH3 is 3. The molecule has 0 saturated carbocycles. The van der Waals surface area contributed by atoms with Gasteiger partial charge in [0.1, 0.15) is 41.1 Å². The third-order valence-electron chi connectivity index (χ3n) is 6.76. The average Bonchev–Trinajstić information content (AvgIpc) is 3.26. The summed E-state index contributed by atoms with van der Waals surface area (Å²) in [7, 11) is 4.55. The molecule has 0 radical (unpaired) electrons. The number of fused-ring (bicyclic) bond motifs is 2. The van der Waals surface area contributed by atoms with Gasteiger partial charge in [0.2, 0.25) is 5.91 Å². The molecule has 1 unspecified atom stereocenters. The van der Waals surface area contributed by atoms with Gasteiger partial charge in [-0.1, -0.05) is 24.3 Å². The lowest BCUT2D eigenvalue weighted by Gasteiger charge is -2.25. The van der Waals surface area contributed by atoms with Gasteiger partial charge in [0.15, 0.2) is 12.6 Å². The Morgan fingerprint density at radius 1 is 1.00 bits per heavy atom. The summed E-state index contributed by atoms with van der Waals surface area (Å²) in [6.07, 6.45) is 1.79. The van der Waals surface area contributed by atoms with Crippen molar-refractivity contribution in [2.45, 2.75) is 70.4 Å². The molecule has 11 nitrogen and oxygen atoms in total. The number of amides is 1. The van der Waals surface area contributed by atoms with Crippen LogP contribution in [0.3, 0.4) is 0 Å². The summed E-state index contributed by atoms with van der Waals surface area (Å²) in [5, 5.41) is 2.83. The molecule has 11 heteroatoms. The quantitative estimate of drug-likeness (QED) is 0.267. The Hall–Kier alpha value is -3.64. The number of carbonyl (C=O) groups excluding carboxylic acids is 2. The van der Waals surface area contributed by atoms with Crippen LogP contribution in [0, 0.1) is 0 Å². The van der Waals surface area contributed by atoms with Gasteiger partial charge in [0.05, 0.1) is 39.0 Å². The molecule has 4 rings (SSSR count). The maximum Gasteiger partial charge on any atom is 0.344 e. The van der Waals surface area contributed by atoms with Crippen molar-refractivity contribution in [3.05, 3.63) is 59.7 Å². The number of hydrogen-bond donors (Lipinski definition) is 1. The second-order valence-corrected chi connectivity index (χ2v) is 10.5. The number of hydrogen-bond acceptors (Lipinski definition) is 10. The molecule has 1 N–H and O–H groups in total. The summed E-state index contributed by atoms with van der Waals surface area (Å²) in [5.41, 5.74) is 1.17. The summed E-state index contributed by atoms with van der Waals surface area (Å²) in [4.78, 5) is 26.8. The van der Waals surface area contributed by atoms with E-state index < -0.39 is 42.1 Å². The number of benzene rings is 2. The number of nitrogens with one attached hydrogen (secondary N) is 1. The van der Waals surface area contributed by atoms with Crippen LogP contribution in [-0.2, 0) is 35.1 Å². The van der Waals surface area contributed by atoms with E-state index in [2.05, 4.69) is 5.32 Å². The maximum atomic E-state index is 13.4. The van der Waals surface area contributed by atoms with Gasteiger partial charge in [-0.2, -0.15) is 0 Å². The molecule has 1 amide bonds. The van der Waals surface area contributed by atoms with Gasteiger partial charge in [-0.3, -0.25) is 4.79 Å². The fraction of sp³-hybridized carbons (Fsp3) is 0.484. The Bertz CT molecular complexity index is 1260. The molecular formula is C31H39NO10. The molecule has 0 spiro atoms. The highest BCUT2D eigenvalue weighted by Gasteiger charge is 2.46. The number of cyclic esters (lactones) is 1. The predicted molar refractivity (Wildman–Crippen MR) is 153 cm³/mol. The van der Waals surface area contributed by atoms with Crippen molar-refractivity contribution in [3.63, 3.8) is 0 Å². The molecule has 2 aromatic rings. The average molecular weight is 586 g/mol. The van der Waals surface area contributed by atoms with Gasteiger partial charge < -0.3 is 43.2 Å². The van der Waals surface area contributed by atoms with Crippen molar-refractivity contribution in [1.29, 1.82) is 0 Å². The molecule has 1 saturated heterocycles. The Balaban J connectivity index is 1.65. The van der Waals surface area contributed by atoms with Crippen molar-refractivity contribution in [1.82, 2.24) is 0 Å². The van der Waals surface area contributed by atoms with Crippen LogP contribution < -0.4 is 19.5 Å². The maximum absolute atomic E-state index is 13.4. The van der Waals surface area contributed by atoms with Crippen LogP contribution >= 0.6 is 0 Å². The van der Waals surface area contributed by atoms with Crippen molar-refractivity contribution in [2.75, 3.05) is 33.4 Å². The Labute approximate surface area is 246 Å². The summed E-state index contributed by atoms with van der Waals surface area (Å²) in [6.45, 7) is 5.54. The first-order chi connectivity index (χ1) is 20.1. The van der Waals surface area contributed by atoms with Crippen molar-refractivity contribution < 1.29 is 47.5 Å². The molecule has 4 atom stereocenters. The van der Waals surface area contributed by atoms with Crippen molar-refractivity contribution >= 4 is 17.6 Å². The summed E-state index contributed by atoms with van der Waals surface area (Å²) in [6, 6.07) is 10.6. The highest BCUT2D eigenvalue weighted by molar-refractivity contribution is 6.04. The molecule has 2 aliphatic rings. The smallest absolute Gasteiger partial charge is 0.344 e. The minimum atomic E-state index is -0.951. The summed E-state index contributed by atoms with van der Waals surface area (Å²) >= 11 is 0. The number of ether oxygens (including phenoxy) is 8. The largest absolute Gasteiger partial charge is 0.497 e. The Kier molecular flexibility index (Phi) is 10.4. The molecule has 2 aliphatic heterocycles. The molecule has 0 bridgehead atoms. The molecule has 0 aliphatic carbocycles. The SMILES string of the molecule is COCOc1cc(OC)cc2c1C(=O)O[C@@H](C)C/C=C\C(OCc1ccc(OC)cc1)[C@H]1OC(C)(C)O[C@H]1CC(=O)N2. The molecule has 42 heavy (non-hydrogen) atoms. The van der Waals surface area contributed by atoms with Crippen LogP contribution in [0.4, 0.5) is 5.69 Å². The highest BCUT2D eigenvalue weighted by atomic mass is 16.8. The molecule has 228 valence electrons. The van der Waals surface area contributed by atoms with Gasteiger partial charge in [0, 0.05) is 25.7 Å². The molecule has 2 aromatic carbocycles. The standard InChI is InChI=1S/C31H39NO10/c1-19-8-7-9-24(38-17-20-10-12-21(36-5)13-11-20)29-26(41-31(2,3)42-29)16-27(33)32-23-14-22(37-6)15-25(39-18-35-4)28(23)30(34)40-19/h7,9-15,19,24,26,29H,8,16-18H2,1-6H3,(H,32,33)/b9-7-/t19-,24?,26-,29+/m0/s1. The van der Waals surface area contributed by atoms with Crippen molar-refractivity contribution in [2.24, 2.45) is 0 Å². The monoisotopic (exact) mass is 585 g/mol. The zero-order chi connectivity index (χ0) is 30.3. The lowest BCUT2D eigenvalue weighted by Crippen LogP contribution is -2.38. The van der Waals surface area contributed by atoms with E-state index >= 15 is 0 Å². The van der Waals surface area contributed by atoms with E-state index in [4.69, 9.17) is 37.9 Å².